The van der Waals surface area contributed by atoms with Gasteiger partial charge in [0.1, 0.15) is 17.5 Å². The largest absolute Gasteiger partial charge is 0.435 e. The first-order chi connectivity index (χ1) is 16.9. The lowest BCUT2D eigenvalue weighted by Crippen LogP contribution is -2.13. The number of benzene rings is 2. The molecule has 194 valence electrons. The van der Waals surface area contributed by atoms with Gasteiger partial charge in [-0.05, 0) is 73.4 Å². The maximum atomic E-state index is 15.0. The molecule has 2 rings (SSSR count). The van der Waals surface area contributed by atoms with E-state index in [4.69, 9.17) is 4.74 Å². The molecule has 2 nitrogen and oxygen atoms in total. The molecule has 0 saturated heterocycles. The van der Waals surface area contributed by atoms with Gasteiger partial charge in [0, 0.05) is 22.9 Å². The summed E-state index contributed by atoms with van der Waals surface area (Å²) in [5, 5.41) is 0. The number of nitrogens with zero attached hydrogens (tertiary/aromatic N) is 1. The van der Waals surface area contributed by atoms with Crippen LogP contribution in [0.1, 0.15) is 62.3 Å². The Labute approximate surface area is 214 Å². The molecule has 0 saturated carbocycles. The number of hydrogen-bond donors (Lipinski definition) is 0. The third kappa shape index (κ3) is 7.16. The van der Waals surface area contributed by atoms with E-state index in [9.17, 15) is 13.2 Å². The van der Waals surface area contributed by atoms with Crippen LogP contribution in [-0.2, 0) is 0 Å². The van der Waals surface area contributed by atoms with E-state index in [0.29, 0.717) is 23.2 Å². The van der Waals surface area contributed by atoms with E-state index in [-0.39, 0.29) is 28.7 Å². The maximum absolute atomic E-state index is 15.0. The van der Waals surface area contributed by atoms with Crippen LogP contribution in [0.2, 0.25) is 0 Å². The minimum Gasteiger partial charge on any atom is -0.435 e. The average molecular weight is 520 g/mol. The molecular formula is C29H34F4NOP. The van der Waals surface area contributed by atoms with Gasteiger partial charge >= 0.3 is 6.61 Å². The van der Waals surface area contributed by atoms with Gasteiger partial charge in [-0.25, -0.2) is 8.78 Å². The average Bonchev–Trinajstić information content (AvgIpc) is 2.81. The summed E-state index contributed by atoms with van der Waals surface area (Å²) in [5.74, 6) is -1.92. The topological polar surface area (TPSA) is 21.6 Å². The summed E-state index contributed by atoms with van der Waals surface area (Å²) in [5.41, 5.74) is 4.26. The zero-order chi connectivity index (χ0) is 27.2. The Balaban J connectivity index is 2.33. The van der Waals surface area contributed by atoms with Crippen molar-refractivity contribution in [1.29, 1.82) is 0 Å². The van der Waals surface area contributed by atoms with Crippen LogP contribution in [0.4, 0.5) is 23.2 Å². The van der Waals surface area contributed by atoms with Crippen LogP contribution in [0, 0.1) is 18.7 Å². The minimum absolute atomic E-state index is 0.0327. The molecule has 36 heavy (non-hydrogen) atoms. The lowest BCUT2D eigenvalue weighted by molar-refractivity contribution is -0.0506. The molecule has 0 N–H and O–H groups in total. The number of hydrogen-bond acceptors (Lipinski definition) is 2. The standard InChI is InChI=1S/C29H34F4NOP/c1-8-21-11-10-12-26(35-29(32)33)27(21)18(5)13-16(3)20(7)34-25-15-24(30)23(14-17(25)4)22(9-2)19(6)28(31)36/h8-12,14-16,18,28-29H,1,6,13,36H2,2-5,7H3/b22-9+,34-20?. The molecule has 0 aliphatic carbocycles. The Hall–Kier alpha value is -2.72. The summed E-state index contributed by atoms with van der Waals surface area (Å²) < 4.78 is 59.5. The van der Waals surface area contributed by atoms with Crippen LogP contribution in [0.3, 0.4) is 0 Å². The lowest BCUT2D eigenvalue weighted by Gasteiger charge is -2.22. The van der Waals surface area contributed by atoms with E-state index in [1.54, 1.807) is 31.2 Å². The first kappa shape index (κ1) is 29.5. The van der Waals surface area contributed by atoms with Crippen LogP contribution in [-0.4, -0.2) is 18.2 Å². The third-order valence-corrected chi connectivity index (χ3v) is 6.69. The van der Waals surface area contributed by atoms with Gasteiger partial charge < -0.3 is 4.74 Å². The number of halogens is 4. The number of rotatable bonds is 11. The van der Waals surface area contributed by atoms with Crippen LogP contribution in [0.15, 0.2) is 60.1 Å². The predicted octanol–water partition coefficient (Wildman–Crippen LogP) is 9.43. The van der Waals surface area contributed by atoms with Crippen molar-refractivity contribution in [2.75, 3.05) is 0 Å². The fourth-order valence-corrected chi connectivity index (χ4v) is 4.42. The molecule has 2 aromatic rings. The molecule has 0 spiro atoms. The third-order valence-electron chi connectivity index (χ3n) is 6.29. The van der Waals surface area contributed by atoms with Crippen LogP contribution >= 0.6 is 9.24 Å². The highest BCUT2D eigenvalue weighted by Gasteiger charge is 2.22. The zero-order valence-corrected chi connectivity index (χ0v) is 22.6. The summed E-state index contributed by atoms with van der Waals surface area (Å²) in [6, 6.07) is 7.99. The molecule has 0 amide bonds. The fraction of sp³-hybridized carbons (Fsp3) is 0.345. The van der Waals surface area contributed by atoms with Crippen molar-refractivity contribution in [2.45, 2.75) is 59.5 Å². The van der Waals surface area contributed by atoms with Gasteiger partial charge in [-0.2, -0.15) is 8.78 Å². The quantitative estimate of drug-likeness (QED) is 0.125. The first-order valence-corrected chi connectivity index (χ1v) is 12.4. The summed E-state index contributed by atoms with van der Waals surface area (Å²) >= 11 is 0. The van der Waals surface area contributed by atoms with E-state index in [2.05, 4.69) is 18.2 Å². The molecule has 0 fully saturated rings. The van der Waals surface area contributed by atoms with E-state index < -0.39 is 18.3 Å². The monoisotopic (exact) mass is 519 g/mol. The number of aliphatic imine (C=N–C) groups is 1. The van der Waals surface area contributed by atoms with Crippen molar-refractivity contribution in [2.24, 2.45) is 10.9 Å². The van der Waals surface area contributed by atoms with Gasteiger partial charge in [0.15, 0.2) is 0 Å². The summed E-state index contributed by atoms with van der Waals surface area (Å²) in [7, 11) is 2.03. The highest BCUT2D eigenvalue weighted by molar-refractivity contribution is 7.17. The fourth-order valence-electron chi connectivity index (χ4n) is 4.24. The second kappa shape index (κ2) is 13.0. The van der Waals surface area contributed by atoms with Gasteiger partial charge in [-0.15, -0.1) is 0 Å². The van der Waals surface area contributed by atoms with Crippen molar-refractivity contribution in [1.82, 2.24) is 0 Å². The summed E-state index contributed by atoms with van der Waals surface area (Å²) in [6.07, 6.45) is 3.87. The SMILES string of the molecule is C=Cc1cccc(OC(F)F)c1C(C)CC(C)C(C)=Nc1cc(F)c(/C(=C/C)C(=C)C(F)P)cc1C. The van der Waals surface area contributed by atoms with E-state index in [1.165, 1.54) is 12.1 Å². The van der Waals surface area contributed by atoms with Crippen molar-refractivity contribution < 1.29 is 22.3 Å². The van der Waals surface area contributed by atoms with Gasteiger partial charge in [-0.3, -0.25) is 4.99 Å². The normalized spacial score (nSPS) is 15.0. The van der Waals surface area contributed by atoms with Crippen LogP contribution in [0.5, 0.6) is 5.75 Å². The lowest BCUT2D eigenvalue weighted by atomic mass is 9.86. The van der Waals surface area contributed by atoms with Gasteiger partial charge in [0.25, 0.3) is 0 Å². The Morgan fingerprint density at radius 3 is 2.42 bits per heavy atom. The molecule has 0 aromatic heterocycles. The molecule has 0 radical (unpaired) electrons. The Morgan fingerprint density at radius 2 is 1.86 bits per heavy atom. The van der Waals surface area contributed by atoms with E-state index in [1.807, 2.05) is 43.0 Å². The van der Waals surface area contributed by atoms with Crippen molar-refractivity contribution in [3.05, 3.63) is 83.2 Å². The zero-order valence-electron chi connectivity index (χ0n) is 21.4. The number of allylic oxidation sites excluding steroid dienone is 3. The first-order valence-electron chi connectivity index (χ1n) is 11.7. The molecule has 4 atom stereocenters. The molecule has 0 heterocycles. The maximum Gasteiger partial charge on any atom is 0.387 e. The van der Waals surface area contributed by atoms with Crippen LogP contribution in [0.25, 0.3) is 11.6 Å². The molecule has 0 aliphatic heterocycles. The predicted molar refractivity (Wildman–Crippen MR) is 147 cm³/mol. The van der Waals surface area contributed by atoms with E-state index >= 15 is 4.39 Å². The minimum atomic E-state index is -2.93. The molecule has 2 aromatic carbocycles. The highest BCUT2D eigenvalue weighted by atomic mass is 31.0. The summed E-state index contributed by atoms with van der Waals surface area (Å²) in [6.45, 7) is 13.9. The van der Waals surface area contributed by atoms with Gasteiger partial charge in [-0.1, -0.05) is 60.5 Å². The Bertz CT molecular complexity index is 1170. The molecule has 4 unspecified atom stereocenters. The van der Waals surface area contributed by atoms with Crippen molar-refractivity contribution in [3.8, 4) is 5.75 Å². The molecule has 7 heteroatoms. The second-order valence-electron chi connectivity index (χ2n) is 8.88. The summed E-state index contributed by atoms with van der Waals surface area (Å²) in [4.78, 5) is 4.67. The van der Waals surface area contributed by atoms with Crippen LogP contribution < -0.4 is 4.74 Å². The number of ether oxygens (including phenoxy) is 1. The van der Waals surface area contributed by atoms with Crippen molar-refractivity contribution >= 4 is 32.3 Å². The highest BCUT2D eigenvalue weighted by Crippen LogP contribution is 2.37. The number of aryl methyl sites for hydroxylation is 1. The Kier molecular flexibility index (Phi) is 10.7. The molecule has 0 bridgehead atoms. The van der Waals surface area contributed by atoms with Gasteiger partial charge in [0.2, 0.25) is 0 Å². The van der Waals surface area contributed by atoms with E-state index in [0.717, 1.165) is 16.8 Å². The molecular weight excluding hydrogens is 485 g/mol. The smallest absolute Gasteiger partial charge is 0.387 e. The number of alkyl halides is 3. The molecule has 0 aliphatic rings. The van der Waals surface area contributed by atoms with Crippen molar-refractivity contribution in [3.63, 3.8) is 0 Å². The van der Waals surface area contributed by atoms with Gasteiger partial charge in [0.05, 0.1) is 5.69 Å². The second-order valence-corrected chi connectivity index (χ2v) is 9.47. The Morgan fingerprint density at radius 1 is 1.19 bits per heavy atom.